The highest BCUT2D eigenvalue weighted by Gasteiger charge is 2.32. The smallest absolute Gasteiger partial charge is 0.358 e. The van der Waals surface area contributed by atoms with Gasteiger partial charge in [-0.1, -0.05) is 0 Å². The van der Waals surface area contributed by atoms with E-state index in [0.29, 0.717) is 13.2 Å². The van der Waals surface area contributed by atoms with E-state index in [0.717, 1.165) is 0 Å². The van der Waals surface area contributed by atoms with E-state index in [9.17, 15) is 4.57 Å². The summed E-state index contributed by atoms with van der Waals surface area (Å²) in [5.74, 6) is -0.258. The van der Waals surface area contributed by atoms with Crippen LogP contribution >= 0.6 is 19.2 Å². The Morgan fingerprint density at radius 1 is 1.29 bits per heavy atom. The third kappa shape index (κ3) is 4.76. The van der Waals surface area contributed by atoms with Crippen LogP contribution in [0.2, 0.25) is 0 Å². The van der Waals surface area contributed by atoms with Crippen molar-refractivity contribution in [2.24, 2.45) is 0 Å². The molecule has 0 heterocycles. The zero-order valence-electron chi connectivity index (χ0n) is 8.86. The SMILES string of the molecule is CCOC(C)P(=O)(OCC)OCCCl. The topological polar surface area (TPSA) is 44.8 Å². The van der Waals surface area contributed by atoms with E-state index in [2.05, 4.69) is 0 Å². The maximum atomic E-state index is 12.0. The average Bonchev–Trinajstić information content (AvgIpc) is 2.15. The van der Waals surface area contributed by atoms with Crippen molar-refractivity contribution in [3.05, 3.63) is 0 Å². The number of rotatable bonds is 8. The molecule has 0 aromatic heterocycles. The van der Waals surface area contributed by atoms with Gasteiger partial charge < -0.3 is 13.8 Å². The van der Waals surface area contributed by atoms with Crippen LogP contribution in [0.15, 0.2) is 0 Å². The standard InChI is InChI=1S/C8H18ClO4P/c1-4-11-8(3)14(10,12-5-2)13-7-6-9/h8H,4-7H2,1-3H3. The molecule has 0 saturated heterocycles. The van der Waals surface area contributed by atoms with Gasteiger partial charge in [0.05, 0.1) is 13.2 Å². The van der Waals surface area contributed by atoms with Crippen LogP contribution in [0, 0.1) is 0 Å². The van der Waals surface area contributed by atoms with Crippen LogP contribution in [0.5, 0.6) is 0 Å². The lowest BCUT2D eigenvalue weighted by Crippen LogP contribution is -2.14. The predicted molar refractivity (Wildman–Crippen MR) is 57.0 cm³/mol. The summed E-state index contributed by atoms with van der Waals surface area (Å²) in [4.78, 5) is 0. The molecule has 2 unspecified atom stereocenters. The van der Waals surface area contributed by atoms with E-state index >= 15 is 0 Å². The van der Waals surface area contributed by atoms with Crippen molar-refractivity contribution in [1.29, 1.82) is 0 Å². The van der Waals surface area contributed by atoms with Crippen LogP contribution < -0.4 is 0 Å². The molecule has 0 fully saturated rings. The Balaban J connectivity index is 4.28. The lowest BCUT2D eigenvalue weighted by atomic mass is 10.8. The molecule has 86 valence electrons. The van der Waals surface area contributed by atoms with Gasteiger partial charge >= 0.3 is 7.60 Å². The number of alkyl halides is 1. The summed E-state index contributed by atoms with van der Waals surface area (Å²) >= 11 is 5.45. The molecule has 0 aliphatic carbocycles. The molecule has 0 N–H and O–H groups in total. The Morgan fingerprint density at radius 3 is 2.36 bits per heavy atom. The van der Waals surface area contributed by atoms with Gasteiger partial charge in [-0.05, 0) is 20.8 Å². The van der Waals surface area contributed by atoms with E-state index in [1.807, 2.05) is 6.92 Å². The molecule has 0 saturated carbocycles. The van der Waals surface area contributed by atoms with Crippen molar-refractivity contribution in [3.8, 4) is 0 Å². The third-order valence-electron chi connectivity index (χ3n) is 1.51. The molecule has 14 heavy (non-hydrogen) atoms. The van der Waals surface area contributed by atoms with E-state index in [-0.39, 0.29) is 12.5 Å². The van der Waals surface area contributed by atoms with Gasteiger partial charge in [-0.2, -0.15) is 0 Å². The molecule has 2 atom stereocenters. The Labute approximate surface area is 90.4 Å². The van der Waals surface area contributed by atoms with Crippen molar-refractivity contribution in [2.75, 3.05) is 25.7 Å². The number of halogens is 1. The molecule has 4 nitrogen and oxygen atoms in total. The van der Waals surface area contributed by atoms with E-state index in [1.54, 1.807) is 13.8 Å². The second kappa shape index (κ2) is 7.66. The van der Waals surface area contributed by atoms with Gasteiger partial charge in [0, 0.05) is 12.5 Å². The molecule has 0 aromatic carbocycles. The Hall–Kier alpha value is 0.400. The molecule has 0 bridgehead atoms. The van der Waals surface area contributed by atoms with Gasteiger partial charge in [-0.15, -0.1) is 11.6 Å². The first kappa shape index (κ1) is 14.4. The summed E-state index contributed by atoms with van der Waals surface area (Å²) in [6, 6.07) is 0. The van der Waals surface area contributed by atoms with Gasteiger partial charge in [0.25, 0.3) is 0 Å². The highest BCUT2D eigenvalue weighted by atomic mass is 35.5. The molecule has 0 aliphatic heterocycles. The van der Waals surface area contributed by atoms with Crippen molar-refractivity contribution in [3.63, 3.8) is 0 Å². The van der Waals surface area contributed by atoms with Crippen molar-refractivity contribution in [2.45, 2.75) is 26.6 Å². The number of hydrogen-bond donors (Lipinski definition) is 0. The van der Waals surface area contributed by atoms with Crippen molar-refractivity contribution >= 4 is 19.2 Å². The molecule has 6 heteroatoms. The average molecular weight is 245 g/mol. The second-order valence-electron chi connectivity index (χ2n) is 2.53. The molecule has 0 radical (unpaired) electrons. The van der Waals surface area contributed by atoms with Crippen LogP contribution in [0.25, 0.3) is 0 Å². The molecular weight excluding hydrogens is 227 g/mol. The number of ether oxygens (including phenoxy) is 1. The number of hydrogen-bond acceptors (Lipinski definition) is 4. The Morgan fingerprint density at radius 2 is 1.93 bits per heavy atom. The Kier molecular flexibility index (Phi) is 7.88. The molecule has 0 amide bonds. The third-order valence-corrected chi connectivity index (χ3v) is 3.87. The fraction of sp³-hybridized carbons (Fsp3) is 1.00. The van der Waals surface area contributed by atoms with Crippen LogP contribution in [-0.4, -0.2) is 31.5 Å². The monoisotopic (exact) mass is 244 g/mol. The maximum Gasteiger partial charge on any atom is 0.358 e. The molecule has 0 aromatic rings. The largest absolute Gasteiger partial charge is 0.366 e. The molecule has 0 aliphatic rings. The zero-order chi connectivity index (χ0) is 11.0. The van der Waals surface area contributed by atoms with E-state index in [1.165, 1.54) is 0 Å². The fourth-order valence-corrected chi connectivity index (χ4v) is 2.64. The van der Waals surface area contributed by atoms with Crippen LogP contribution in [-0.2, 0) is 18.3 Å². The van der Waals surface area contributed by atoms with Crippen LogP contribution in [0.4, 0.5) is 0 Å². The van der Waals surface area contributed by atoms with Gasteiger partial charge in [0.15, 0.2) is 5.85 Å². The molecular formula is C8H18ClO4P. The van der Waals surface area contributed by atoms with E-state index in [4.69, 9.17) is 25.4 Å². The quantitative estimate of drug-likeness (QED) is 0.487. The van der Waals surface area contributed by atoms with Gasteiger partial charge in [-0.3, -0.25) is 4.57 Å². The minimum atomic E-state index is -3.15. The van der Waals surface area contributed by atoms with Gasteiger partial charge in [0.2, 0.25) is 0 Å². The van der Waals surface area contributed by atoms with Gasteiger partial charge in [0.1, 0.15) is 0 Å². The van der Waals surface area contributed by atoms with Gasteiger partial charge in [-0.25, -0.2) is 0 Å². The summed E-state index contributed by atoms with van der Waals surface area (Å²) in [5.41, 5.74) is 0. The first-order valence-corrected chi connectivity index (χ1v) is 6.81. The highest BCUT2D eigenvalue weighted by molar-refractivity contribution is 7.54. The minimum Gasteiger partial charge on any atom is -0.366 e. The van der Waals surface area contributed by atoms with Crippen molar-refractivity contribution < 1.29 is 18.3 Å². The second-order valence-corrected chi connectivity index (χ2v) is 5.24. The first-order valence-electron chi connectivity index (χ1n) is 4.67. The summed E-state index contributed by atoms with van der Waals surface area (Å²) in [7, 11) is -3.15. The predicted octanol–water partition coefficient (Wildman–Crippen LogP) is 2.85. The lowest BCUT2D eigenvalue weighted by molar-refractivity contribution is 0.0888. The van der Waals surface area contributed by atoms with Crippen LogP contribution in [0.1, 0.15) is 20.8 Å². The first-order chi connectivity index (χ1) is 6.60. The normalized spacial score (nSPS) is 17.7. The lowest BCUT2D eigenvalue weighted by Gasteiger charge is -2.23. The molecule has 0 rings (SSSR count). The maximum absolute atomic E-state index is 12.0. The van der Waals surface area contributed by atoms with Crippen molar-refractivity contribution in [1.82, 2.24) is 0 Å². The minimum absolute atomic E-state index is 0.205. The molecule has 0 spiro atoms. The fourth-order valence-electron chi connectivity index (χ4n) is 0.921. The Bertz CT molecular complexity index is 188. The van der Waals surface area contributed by atoms with Crippen LogP contribution in [0.3, 0.4) is 0 Å². The summed E-state index contributed by atoms with van der Waals surface area (Å²) in [6.07, 6.45) is 0. The summed E-state index contributed by atoms with van der Waals surface area (Å²) in [5, 5.41) is 0. The highest BCUT2D eigenvalue weighted by Crippen LogP contribution is 2.53. The van der Waals surface area contributed by atoms with E-state index < -0.39 is 13.4 Å². The summed E-state index contributed by atoms with van der Waals surface area (Å²) in [6.45, 7) is 6.27. The zero-order valence-corrected chi connectivity index (χ0v) is 10.5. The summed E-state index contributed by atoms with van der Waals surface area (Å²) < 4.78 is 27.4.